The molecule has 38 heavy (non-hydrogen) atoms. The molecule has 4 heterocycles. The number of rotatable bonds is 4. The van der Waals surface area contributed by atoms with Gasteiger partial charge >= 0.3 is 0 Å². The second kappa shape index (κ2) is 8.66. The van der Waals surface area contributed by atoms with Gasteiger partial charge in [0.05, 0.1) is 23.2 Å². The van der Waals surface area contributed by atoms with Gasteiger partial charge in [0.2, 0.25) is 5.91 Å². The first kappa shape index (κ1) is 23.9. The van der Waals surface area contributed by atoms with Gasteiger partial charge in [-0.15, -0.1) is 0 Å². The number of primary amides is 1. The van der Waals surface area contributed by atoms with E-state index >= 15 is 8.78 Å². The Balaban J connectivity index is 1.46. The topological polar surface area (TPSA) is 82.8 Å². The van der Waals surface area contributed by atoms with Crippen LogP contribution in [-0.4, -0.2) is 37.8 Å². The van der Waals surface area contributed by atoms with E-state index in [1.54, 1.807) is 6.07 Å². The quantitative estimate of drug-likeness (QED) is 0.497. The van der Waals surface area contributed by atoms with Crippen LogP contribution in [0.1, 0.15) is 45.8 Å². The number of ether oxygens (including phenoxy) is 3. The van der Waals surface area contributed by atoms with Crippen molar-refractivity contribution >= 4 is 17.5 Å². The molecule has 1 amide bonds. The molecule has 4 atom stereocenters. The summed E-state index contributed by atoms with van der Waals surface area (Å²) in [6, 6.07) is 12.4. The summed E-state index contributed by atoms with van der Waals surface area (Å²) in [5.74, 6) is -2.22. The molecule has 196 valence electrons. The van der Waals surface area contributed by atoms with Crippen LogP contribution in [0.3, 0.4) is 0 Å². The maximum Gasteiger partial charge on any atom is 0.249 e. The minimum Gasteiger partial charge on any atom is -0.487 e. The number of carbonyl (C=O) groups excluding carboxylic acids is 1. The third-order valence-electron chi connectivity index (χ3n) is 8.40. The van der Waals surface area contributed by atoms with Crippen LogP contribution in [0.4, 0.5) is 8.78 Å². The summed E-state index contributed by atoms with van der Waals surface area (Å²) >= 11 is 6.58. The maximum absolute atomic E-state index is 16.4. The smallest absolute Gasteiger partial charge is 0.249 e. The molecule has 3 N–H and O–H groups in total. The molecule has 0 radical (unpaired) electrons. The number of halogens is 3. The molecular formula is C29H25ClF2N2O4. The molecule has 0 saturated carbocycles. The van der Waals surface area contributed by atoms with Gasteiger partial charge in [-0.05, 0) is 31.0 Å². The average Bonchev–Trinajstić information content (AvgIpc) is 3.55. The number of nitrogens with one attached hydrogen (secondary N) is 1. The molecule has 3 aromatic carbocycles. The number of hydrogen-bond acceptors (Lipinski definition) is 5. The Bertz CT molecular complexity index is 1480. The van der Waals surface area contributed by atoms with E-state index in [4.69, 9.17) is 31.5 Å². The van der Waals surface area contributed by atoms with Crippen molar-refractivity contribution in [2.24, 2.45) is 5.73 Å². The van der Waals surface area contributed by atoms with E-state index in [1.807, 2.05) is 30.3 Å². The number of benzene rings is 3. The minimum absolute atomic E-state index is 0.0225. The minimum atomic E-state index is -0.865. The number of amides is 1. The Morgan fingerprint density at radius 2 is 1.95 bits per heavy atom. The SMILES string of the molecule is NC(=O)c1cc2c(c(F)c1-c1c(Cl)c(F)cc3c1C[C@](c1ccccc1)([C@@H]1CCCN1)O3)OCC1OCC21. The summed E-state index contributed by atoms with van der Waals surface area (Å²) in [5.41, 5.74) is 6.70. The van der Waals surface area contributed by atoms with Gasteiger partial charge in [0, 0.05) is 40.7 Å². The molecule has 9 heteroatoms. The van der Waals surface area contributed by atoms with E-state index in [2.05, 4.69) is 5.32 Å². The Morgan fingerprint density at radius 1 is 1.13 bits per heavy atom. The van der Waals surface area contributed by atoms with Crippen molar-refractivity contribution in [3.63, 3.8) is 0 Å². The lowest BCUT2D eigenvalue weighted by Gasteiger charge is -2.41. The molecule has 0 spiro atoms. The van der Waals surface area contributed by atoms with Crippen molar-refractivity contribution in [3.05, 3.63) is 81.4 Å². The van der Waals surface area contributed by atoms with Crippen molar-refractivity contribution in [1.29, 1.82) is 0 Å². The fourth-order valence-electron chi connectivity index (χ4n) is 6.48. The van der Waals surface area contributed by atoms with Gasteiger partial charge in [-0.3, -0.25) is 4.79 Å². The lowest BCUT2D eigenvalue weighted by atomic mass is 9.79. The fourth-order valence-corrected chi connectivity index (χ4v) is 6.75. The van der Waals surface area contributed by atoms with Crippen LogP contribution in [0.15, 0.2) is 42.5 Å². The second-order valence-electron chi connectivity index (χ2n) is 10.4. The molecule has 0 bridgehead atoms. The number of carbonyl (C=O) groups is 1. The highest BCUT2D eigenvalue weighted by atomic mass is 35.5. The van der Waals surface area contributed by atoms with Crippen LogP contribution < -0.4 is 20.5 Å². The van der Waals surface area contributed by atoms with Gasteiger partial charge in [0.1, 0.15) is 24.3 Å². The van der Waals surface area contributed by atoms with Crippen LogP contribution in [0.5, 0.6) is 11.5 Å². The summed E-state index contributed by atoms with van der Waals surface area (Å²) in [7, 11) is 0. The van der Waals surface area contributed by atoms with Gasteiger partial charge in [-0.1, -0.05) is 41.9 Å². The van der Waals surface area contributed by atoms with Crippen LogP contribution in [0.2, 0.25) is 5.02 Å². The highest BCUT2D eigenvalue weighted by Crippen LogP contribution is 2.54. The molecule has 4 aliphatic rings. The summed E-state index contributed by atoms with van der Waals surface area (Å²) in [6.45, 7) is 1.41. The Kier molecular flexibility index (Phi) is 5.44. The molecule has 2 unspecified atom stereocenters. The lowest BCUT2D eigenvalue weighted by Crippen LogP contribution is -2.48. The summed E-state index contributed by atoms with van der Waals surface area (Å²) in [4.78, 5) is 12.7. The van der Waals surface area contributed by atoms with Gasteiger partial charge in [0.25, 0.3) is 0 Å². The van der Waals surface area contributed by atoms with Crippen LogP contribution in [-0.2, 0) is 16.8 Å². The van der Waals surface area contributed by atoms with Crippen LogP contribution >= 0.6 is 11.6 Å². The summed E-state index contributed by atoms with van der Waals surface area (Å²) in [6.07, 6.45) is 1.92. The average molecular weight is 539 g/mol. The fraction of sp³-hybridized carbons (Fsp3) is 0.345. The lowest BCUT2D eigenvalue weighted by molar-refractivity contribution is -0.108. The molecule has 6 nitrogen and oxygen atoms in total. The third-order valence-corrected chi connectivity index (χ3v) is 8.77. The first-order chi connectivity index (χ1) is 18.4. The predicted molar refractivity (Wildman–Crippen MR) is 137 cm³/mol. The van der Waals surface area contributed by atoms with E-state index in [-0.39, 0.29) is 57.9 Å². The third kappa shape index (κ3) is 3.33. The Morgan fingerprint density at radius 3 is 2.63 bits per heavy atom. The van der Waals surface area contributed by atoms with Crippen molar-refractivity contribution in [1.82, 2.24) is 5.32 Å². The van der Waals surface area contributed by atoms with Crippen molar-refractivity contribution in [3.8, 4) is 22.6 Å². The zero-order valence-electron chi connectivity index (χ0n) is 20.4. The van der Waals surface area contributed by atoms with E-state index in [0.717, 1.165) is 24.9 Å². The first-order valence-electron chi connectivity index (χ1n) is 12.8. The number of fused-ring (bicyclic) bond motifs is 4. The van der Waals surface area contributed by atoms with Crippen LogP contribution in [0.25, 0.3) is 11.1 Å². The first-order valence-corrected chi connectivity index (χ1v) is 13.2. The molecule has 0 aliphatic carbocycles. The number of nitrogens with two attached hydrogens (primary N) is 1. The molecule has 7 rings (SSSR count). The van der Waals surface area contributed by atoms with E-state index in [9.17, 15) is 4.79 Å². The van der Waals surface area contributed by atoms with Crippen molar-refractivity contribution in [2.75, 3.05) is 19.8 Å². The highest BCUT2D eigenvalue weighted by Gasteiger charge is 2.50. The summed E-state index contributed by atoms with van der Waals surface area (Å²) < 4.78 is 49.6. The second-order valence-corrected chi connectivity index (χ2v) is 10.8. The van der Waals surface area contributed by atoms with Crippen molar-refractivity contribution in [2.45, 2.75) is 42.9 Å². The molecule has 2 saturated heterocycles. The largest absolute Gasteiger partial charge is 0.487 e. The molecule has 4 aliphatic heterocycles. The molecule has 2 fully saturated rings. The Labute approximate surface area is 223 Å². The van der Waals surface area contributed by atoms with E-state index < -0.39 is 23.1 Å². The molecular weight excluding hydrogens is 514 g/mol. The van der Waals surface area contributed by atoms with Gasteiger partial charge in [0.15, 0.2) is 17.2 Å². The monoisotopic (exact) mass is 538 g/mol. The zero-order chi connectivity index (χ0) is 26.2. The van der Waals surface area contributed by atoms with Crippen molar-refractivity contribution < 1.29 is 27.8 Å². The van der Waals surface area contributed by atoms with E-state index in [0.29, 0.717) is 24.2 Å². The highest BCUT2D eigenvalue weighted by molar-refractivity contribution is 6.34. The summed E-state index contributed by atoms with van der Waals surface area (Å²) in [5, 5.41) is 3.23. The normalized spacial score (nSPS) is 27.0. The predicted octanol–water partition coefficient (Wildman–Crippen LogP) is 4.84. The molecule has 0 aromatic heterocycles. The zero-order valence-corrected chi connectivity index (χ0v) is 21.1. The van der Waals surface area contributed by atoms with E-state index in [1.165, 1.54) is 6.07 Å². The Hall–Kier alpha value is -3.20. The standard InChI is InChI=1S/C29H25ClF2N2O4/c30-25-19(31)10-20-17(11-29(38-20,22-7-4-8-34-22)14-5-2-1-3-6-14)23(25)24-16(28(33)35)9-15-18-12-36-21(18)13-37-27(15)26(24)32/h1-3,5-6,9-10,18,21-22,34H,4,7-8,11-13H2,(H2,33,35)/t18?,21?,22-,29-/m0/s1. The molecule has 3 aromatic rings. The number of hydrogen-bond donors (Lipinski definition) is 2. The van der Waals surface area contributed by atoms with Gasteiger partial charge < -0.3 is 25.3 Å². The maximum atomic E-state index is 16.4. The van der Waals surface area contributed by atoms with Gasteiger partial charge in [-0.25, -0.2) is 8.78 Å². The van der Waals surface area contributed by atoms with Crippen LogP contribution in [0, 0.1) is 11.6 Å². The van der Waals surface area contributed by atoms with Gasteiger partial charge in [-0.2, -0.15) is 0 Å².